The molecule has 0 aliphatic carbocycles. The van der Waals surface area contributed by atoms with E-state index >= 15 is 0 Å². The molecule has 0 aliphatic heterocycles. The van der Waals surface area contributed by atoms with Crippen LogP contribution < -0.4 is 0 Å². The second kappa shape index (κ2) is 9.63. The molecule has 0 bridgehead atoms. The fraction of sp³-hybridized carbons (Fsp3) is 0.0769. The van der Waals surface area contributed by atoms with Gasteiger partial charge in [-0.05, 0) is 59.7 Å². The number of hydrogen-bond acceptors (Lipinski definition) is 9. The van der Waals surface area contributed by atoms with Gasteiger partial charge in [-0.15, -0.1) is 0 Å². The highest BCUT2D eigenvalue weighted by molar-refractivity contribution is 5.97. The minimum Gasteiger partial charge on any atom is -0.504 e. The van der Waals surface area contributed by atoms with Crippen molar-refractivity contribution >= 4 is 29.0 Å². The minimum atomic E-state index is -1.55. The number of phenolic OH excluding ortho intramolecular Hbond substituents is 5. The Kier molecular flexibility index (Phi) is 6.42. The lowest BCUT2D eigenvalue weighted by molar-refractivity contribution is -0.160. The first kappa shape index (κ1) is 24.0. The first-order chi connectivity index (χ1) is 17.1. The number of benzene rings is 3. The van der Waals surface area contributed by atoms with Crippen molar-refractivity contribution in [2.24, 2.45) is 0 Å². The number of carbonyl (C=O) groups excluding carboxylic acids is 1. The summed E-state index contributed by atoms with van der Waals surface area (Å²) in [7, 11) is 0. The first-order valence-electron chi connectivity index (χ1n) is 10.5. The van der Waals surface area contributed by atoms with Gasteiger partial charge in [0.25, 0.3) is 0 Å². The van der Waals surface area contributed by atoms with Crippen LogP contribution in [0.2, 0.25) is 0 Å². The fourth-order valence-electron chi connectivity index (χ4n) is 3.52. The third-order valence-electron chi connectivity index (χ3n) is 5.35. The molecule has 1 atom stereocenters. The third-order valence-corrected chi connectivity index (χ3v) is 5.35. The zero-order valence-corrected chi connectivity index (χ0v) is 18.5. The summed E-state index contributed by atoms with van der Waals surface area (Å²) < 4.78 is 10.7. The van der Waals surface area contributed by atoms with E-state index in [4.69, 9.17) is 9.15 Å². The molecule has 0 amide bonds. The van der Waals surface area contributed by atoms with Gasteiger partial charge in [0.05, 0.1) is 0 Å². The first-order valence-corrected chi connectivity index (χ1v) is 10.5. The van der Waals surface area contributed by atoms with Crippen molar-refractivity contribution in [3.05, 3.63) is 71.8 Å². The van der Waals surface area contributed by atoms with Crippen molar-refractivity contribution in [2.45, 2.75) is 12.5 Å². The van der Waals surface area contributed by atoms with Crippen LogP contribution in [0.5, 0.6) is 28.7 Å². The number of carboxylic acid groups (broad SMARTS) is 1. The molecule has 0 saturated heterocycles. The SMILES string of the molecule is O=C(/C=C/c1ccc(O)c2oc(-c3ccc(O)c(O)c3)cc12)OC(Cc1ccc(O)c(O)c1)C(=O)O. The van der Waals surface area contributed by atoms with Crippen molar-refractivity contribution in [3.63, 3.8) is 0 Å². The summed E-state index contributed by atoms with van der Waals surface area (Å²) in [5.41, 5.74) is 1.33. The maximum Gasteiger partial charge on any atom is 0.345 e. The number of carbonyl (C=O) groups is 2. The molecule has 4 rings (SSSR count). The quantitative estimate of drug-likeness (QED) is 0.126. The van der Waals surface area contributed by atoms with Crippen LogP contribution in [0.25, 0.3) is 28.4 Å². The standard InChI is InChI=1S/C26H20O10/c27-17-5-1-13(9-20(17)30)10-23(26(33)34)35-24(32)8-4-14-2-7-19(29)25-16(14)12-22(36-25)15-3-6-18(28)21(31)11-15/h1-9,11-12,23,27-31H,10H2,(H,33,34)/b8-4+. The zero-order chi connectivity index (χ0) is 26.0. The van der Waals surface area contributed by atoms with Gasteiger partial charge < -0.3 is 39.8 Å². The van der Waals surface area contributed by atoms with E-state index in [1.165, 1.54) is 54.6 Å². The Hall–Kier alpha value is -5.12. The van der Waals surface area contributed by atoms with Gasteiger partial charge in [0.2, 0.25) is 6.10 Å². The van der Waals surface area contributed by atoms with E-state index in [0.29, 0.717) is 22.1 Å². The average Bonchev–Trinajstić information content (AvgIpc) is 3.29. The summed E-state index contributed by atoms with van der Waals surface area (Å²) in [5.74, 6) is -3.68. The Morgan fingerprint density at radius 2 is 1.50 bits per heavy atom. The predicted molar refractivity (Wildman–Crippen MR) is 127 cm³/mol. The number of carboxylic acids is 1. The lowest BCUT2D eigenvalue weighted by Crippen LogP contribution is -2.28. The van der Waals surface area contributed by atoms with E-state index in [2.05, 4.69) is 0 Å². The van der Waals surface area contributed by atoms with Crippen molar-refractivity contribution < 1.29 is 49.4 Å². The second-order valence-electron chi connectivity index (χ2n) is 7.86. The number of phenols is 5. The van der Waals surface area contributed by atoms with Crippen LogP contribution in [0.3, 0.4) is 0 Å². The van der Waals surface area contributed by atoms with Crippen LogP contribution in [0.4, 0.5) is 0 Å². The van der Waals surface area contributed by atoms with E-state index in [9.17, 15) is 40.2 Å². The highest BCUT2D eigenvalue weighted by atomic mass is 16.6. The molecule has 0 aliphatic rings. The normalized spacial score (nSPS) is 12.1. The zero-order valence-electron chi connectivity index (χ0n) is 18.5. The number of aliphatic carboxylic acids is 1. The third kappa shape index (κ3) is 5.02. The predicted octanol–water partition coefficient (Wildman–Crippen LogP) is 3.88. The van der Waals surface area contributed by atoms with Gasteiger partial charge in [-0.25, -0.2) is 9.59 Å². The number of hydrogen-bond donors (Lipinski definition) is 6. The molecule has 0 saturated carbocycles. The van der Waals surface area contributed by atoms with Crippen LogP contribution in [0.1, 0.15) is 11.1 Å². The largest absolute Gasteiger partial charge is 0.504 e. The average molecular weight is 492 g/mol. The Morgan fingerprint density at radius 1 is 0.833 bits per heavy atom. The van der Waals surface area contributed by atoms with Crippen LogP contribution in [-0.4, -0.2) is 48.7 Å². The molecule has 1 unspecified atom stereocenters. The highest BCUT2D eigenvalue weighted by Gasteiger charge is 2.22. The lowest BCUT2D eigenvalue weighted by atomic mass is 10.1. The molecule has 1 heterocycles. The Morgan fingerprint density at radius 3 is 2.17 bits per heavy atom. The van der Waals surface area contributed by atoms with E-state index in [-0.39, 0.29) is 40.8 Å². The van der Waals surface area contributed by atoms with Crippen molar-refractivity contribution in [1.29, 1.82) is 0 Å². The van der Waals surface area contributed by atoms with Crippen molar-refractivity contribution in [3.8, 4) is 40.1 Å². The number of esters is 1. The van der Waals surface area contributed by atoms with Crippen molar-refractivity contribution in [1.82, 2.24) is 0 Å². The van der Waals surface area contributed by atoms with E-state index in [0.717, 1.165) is 6.08 Å². The number of aromatic hydroxyl groups is 5. The van der Waals surface area contributed by atoms with Crippen LogP contribution >= 0.6 is 0 Å². The van der Waals surface area contributed by atoms with E-state index in [1.807, 2.05) is 0 Å². The van der Waals surface area contributed by atoms with E-state index in [1.54, 1.807) is 6.07 Å². The van der Waals surface area contributed by atoms with Gasteiger partial charge in [-0.3, -0.25) is 0 Å². The van der Waals surface area contributed by atoms with Gasteiger partial charge in [0.15, 0.2) is 34.3 Å². The van der Waals surface area contributed by atoms with Gasteiger partial charge >= 0.3 is 11.9 Å². The van der Waals surface area contributed by atoms with Gasteiger partial charge in [-0.1, -0.05) is 12.1 Å². The van der Waals surface area contributed by atoms with Gasteiger partial charge in [-0.2, -0.15) is 0 Å². The summed E-state index contributed by atoms with van der Waals surface area (Å²) in [4.78, 5) is 23.9. The summed E-state index contributed by atoms with van der Waals surface area (Å²) in [6, 6.07) is 12.3. The Bertz CT molecular complexity index is 1500. The molecular weight excluding hydrogens is 472 g/mol. The molecular formula is C26H20O10. The monoisotopic (exact) mass is 492 g/mol. The van der Waals surface area contributed by atoms with Gasteiger partial charge in [0.1, 0.15) is 5.76 Å². The van der Waals surface area contributed by atoms with Crippen molar-refractivity contribution in [2.75, 3.05) is 0 Å². The minimum absolute atomic E-state index is 0.114. The Balaban J connectivity index is 1.56. The molecule has 4 aromatic rings. The molecule has 10 heteroatoms. The molecule has 10 nitrogen and oxygen atoms in total. The van der Waals surface area contributed by atoms with E-state index < -0.39 is 23.8 Å². The lowest BCUT2D eigenvalue weighted by Gasteiger charge is -2.13. The molecule has 36 heavy (non-hydrogen) atoms. The molecule has 6 N–H and O–H groups in total. The maximum absolute atomic E-state index is 12.4. The topological polar surface area (TPSA) is 178 Å². The molecule has 1 aromatic heterocycles. The summed E-state index contributed by atoms with van der Waals surface area (Å²) in [6.45, 7) is 0. The van der Waals surface area contributed by atoms with Gasteiger partial charge in [0, 0.05) is 23.4 Å². The summed E-state index contributed by atoms with van der Waals surface area (Å²) in [6.07, 6.45) is 0.600. The van der Waals surface area contributed by atoms with Crippen LogP contribution in [-0.2, 0) is 20.7 Å². The number of ether oxygens (including phenoxy) is 1. The molecule has 184 valence electrons. The number of fused-ring (bicyclic) bond motifs is 1. The smallest absolute Gasteiger partial charge is 0.345 e. The molecule has 0 fully saturated rings. The van der Waals surface area contributed by atoms with Crippen LogP contribution in [0.15, 0.2) is 65.1 Å². The number of rotatable bonds is 7. The molecule has 3 aromatic carbocycles. The molecule has 0 spiro atoms. The second-order valence-corrected chi connectivity index (χ2v) is 7.86. The summed E-state index contributed by atoms with van der Waals surface area (Å²) in [5, 5.41) is 58.3. The summed E-state index contributed by atoms with van der Waals surface area (Å²) >= 11 is 0. The fourth-order valence-corrected chi connectivity index (χ4v) is 3.52. The highest BCUT2D eigenvalue weighted by Crippen LogP contribution is 2.38. The Labute approximate surface area is 203 Å². The number of furan rings is 1. The van der Waals surface area contributed by atoms with Crippen LogP contribution in [0, 0.1) is 0 Å². The molecule has 0 radical (unpaired) electrons. The maximum atomic E-state index is 12.4.